The first-order chi connectivity index (χ1) is 15.0. The smallest absolute Gasteiger partial charge is 0.177 e. The first-order valence-corrected chi connectivity index (χ1v) is 12.2. The van der Waals surface area contributed by atoms with Gasteiger partial charge in [0.2, 0.25) is 0 Å². The minimum absolute atomic E-state index is 0.298. The Morgan fingerprint density at radius 2 is 2.19 bits per heavy atom. The van der Waals surface area contributed by atoms with Gasteiger partial charge in [-0.1, -0.05) is 24.2 Å². The lowest BCUT2D eigenvalue weighted by Gasteiger charge is -2.18. The fourth-order valence-electron chi connectivity index (χ4n) is 3.71. The van der Waals surface area contributed by atoms with Gasteiger partial charge in [0.15, 0.2) is 5.65 Å². The SMILES string of the molecule is C[C@H](CCN)c1ccc(Nc2cc(NC3CC3)n3ncc(C#N)c3n2)cc1C[S@+](C)[O-]. The summed E-state index contributed by atoms with van der Waals surface area (Å²) in [4.78, 5) is 4.62. The Kier molecular flexibility index (Phi) is 6.32. The fourth-order valence-corrected chi connectivity index (χ4v) is 4.39. The predicted octanol–water partition coefficient (Wildman–Crippen LogP) is 3.25. The van der Waals surface area contributed by atoms with Crippen molar-refractivity contribution in [2.45, 2.75) is 43.9 Å². The monoisotopic (exact) mass is 437 g/mol. The molecule has 31 heavy (non-hydrogen) atoms. The van der Waals surface area contributed by atoms with Crippen LogP contribution in [0, 0.1) is 11.3 Å². The summed E-state index contributed by atoms with van der Waals surface area (Å²) in [6.07, 6.45) is 6.37. The van der Waals surface area contributed by atoms with Gasteiger partial charge in [-0.25, -0.2) is 4.98 Å². The van der Waals surface area contributed by atoms with E-state index < -0.39 is 11.2 Å². The van der Waals surface area contributed by atoms with Crippen molar-refractivity contribution >= 4 is 34.1 Å². The van der Waals surface area contributed by atoms with E-state index in [0.29, 0.717) is 41.3 Å². The molecule has 4 rings (SSSR count). The van der Waals surface area contributed by atoms with Gasteiger partial charge in [0.25, 0.3) is 0 Å². The van der Waals surface area contributed by atoms with Gasteiger partial charge in [0.1, 0.15) is 29.0 Å². The maximum atomic E-state index is 12.0. The minimum atomic E-state index is -0.955. The van der Waals surface area contributed by atoms with Gasteiger partial charge in [-0.15, -0.1) is 0 Å². The number of hydrogen-bond acceptors (Lipinski definition) is 7. The number of nitrogens with one attached hydrogen (secondary N) is 2. The molecule has 3 aromatic rings. The highest BCUT2D eigenvalue weighted by Crippen LogP contribution is 2.30. The fraction of sp³-hybridized carbons (Fsp3) is 0.409. The molecule has 1 saturated carbocycles. The second-order valence-electron chi connectivity index (χ2n) is 8.09. The second kappa shape index (κ2) is 9.14. The Bertz CT molecular complexity index is 1120. The number of nitrogens with zero attached hydrogens (tertiary/aromatic N) is 4. The van der Waals surface area contributed by atoms with Crippen LogP contribution in [0.15, 0.2) is 30.5 Å². The topological polar surface area (TPSA) is 127 Å². The van der Waals surface area contributed by atoms with Gasteiger partial charge in [-0.2, -0.15) is 14.9 Å². The Morgan fingerprint density at radius 1 is 1.39 bits per heavy atom. The Morgan fingerprint density at radius 3 is 2.87 bits per heavy atom. The van der Waals surface area contributed by atoms with Crippen LogP contribution in [0.1, 0.15) is 48.8 Å². The van der Waals surface area contributed by atoms with Crippen molar-refractivity contribution in [3.8, 4) is 6.07 Å². The van der Waals surface area contributed by atoms with E-state index in [9.17, 15) is 9.81 Å². The molecule has 0 spiro atoms. The quantitative estimate of drug-likeness (QED) is 0.438. The van der Waals surface area contributed by atoms with Crippen LogP contribution in [0.4, 0.5) is 17.3 Å². The van der Waals surface area contributed by atoms with E-state index in [4.69, 9.17) is 5.73 Å². The Hall–Kier alpha value is -2.80. The maximum absolute atomic E-state index is 12.0. The summed E-state index contributed by atoms with van der Waals surface area (Å²) in [6.45, 7) is 2.76. The summed E-state index contributed by atoms with van der Waals surface area (Å²) in [5, 5.41) is 20.5. The van der Waals surface area contributed by atoms with Crippen LogP contribution >= 0.6 is 0 Å². The van der Waals surface area contributed by atoms with E-state index in [1.807, 2.05) is 18.2 Å². The maximum Gasteiger partial charge on any atom is 0.177 e. The molecule has 4 N–H and O–H groups in total. The van der Waals surface area contributed by atoms with Crippen LogP contribution in [-0.4, -0.2) is 38.0 Å². The van der Waals surface area contributed by atoms with Gasteiger partial charge in [-0.3, -0.25) is 0 Å². The van der Waals surface area contributed by atoms with Gasteiger partial charge in [0, 0.05) is 23.4 Å². The number of fused-ring (bicyclic) bond motifs is 1. The molecule has 1 aliphatic carbocycles. The van der Waals surface area contributed by atoms with Crippen LogP contribution in [0.25, 0.3) is 5.65 Å². The highest BCUT2D eigenvalue weighted by atomic mass is 32.2. The zero-order chi connectivity index (χ0) is 22.0. The highest BCUT2D eigenvalue weighted by Gasteiger charge is 2.23. The molecule has 9 heteroatoms. The standard InChI is InChI=1S/C22H27N7OS/c1-14(7-8-23)19-6-5-18(9-15(19)13-31(2)30)26-20-10-21(27-17-3-4-17)29-22(28-20)16(11-24)12-25-29/h5-6,9-10,12,14,17,27H,3-4,7-8,13,23H2,1-2H3,(H,26,28)/t14-,31+/m1/s1. The molecule has 0 aliphatic heterocycles. The molecular weight excluding hydrogens is 410 g/mol. The second-order valence-corrected chi connectivity index (χ2v) is 9.52. The molecule has 0 saturated heterocycles. The average Bonchev–Trinajstić information content (AvgIpc) is 3.44. The van der Waals surface area contributed by atoms with E-state index in [-0.39, 0.29) is 0 Å². The zero-order valence-corrected chi connectivity index (χ0v) is 18.6. The summed E-state index contributed by atoms with van der Waals surface area (Å²) in [5.74, 6) is 2.21. The molecule has 0 bridgehead atoms. The molecule has 2 atom stereocenters. The number of nitriles is 1. The highest BCUT2D eigenvalue weighted by molar-refractivity contribution is 7.89. The van der Waals surface area contributed by atoms with Gasteiger partial charge < -0.3 is 20.9 Å². The number of rotatable bonds is 9. The predicted molar refractivity (Wildman–Crippen MR) is 124 cm³/mol. The Labute approximate surface area is 185 Å². The van der Waals surface area contributed by atoms with Gasteiger partial charge >= 0.3 is 0 Å². The normalized spacial score (nSPS) is 15.5. The van der Waals surface area contributed by atoms with E-state index in [1.54, 1.807) is 10.8 Å². The van der Waals surface area contributed by atoms with Crippen molar-refractivity contribution in [3.63, 3.8) is 0 Å². The van der Waals surface area contributed by atoms with Crippen molar-refractivity contribution in [1.29, 1.82) is 5.26 Å². The van der Waals surface area contributed by atoms with E-state index in [2.05, 4.69) is 39.8 Å². The van der Waals surface area contributed by atoms with Crippen molar-refractivity contribution in [1.82, 2.24) is 14.6 Å². The average molecular weight is 438 g/mol. The molecular formula is C22H27N7OS. The summed E-state index contributed by atoms with van der Waals surface area (Å²) in [5.41, 5.74) is 9.77. The van der Waals surface area contributed by atoms with E-state index in [1.165, 1.54) is 11.8 Å². The van der Waals surface area contributed by atoms with E-state index in [0.717, 1.165) is 36.3 Å². The largest absolute Gasteiger partial charge is 0.616 e. The minimum Gasteiger partial charge on any atom is -0.616 e. The van der Waals surface area contributed by atoms with Crippen LogP contribution < -0.4 is 16.4 Å². The molecule has 2 aromatic heterocycles. The lowest BCUT2D eigenvalue weighted by molar-refractivity contribution is 0.599. The lowest BCUT2D eigenvalue weighted by Crippen LogP contribution is -2.11. The molecule has 2 heterocycles. The number of nitrogens with two attached hydrogens (primary N) is 1. The van der Waals surface area contributed by atoms with Crippen LogP contribution in [0.3, 0.4) is 0 Å². The van der Waals surface area contributed by atoms with Crippen LogP contribution in [0.2, 0.25) is 0 Å². The van der Waals surface area contributed by atoms with Crippen LogP contribution in [-0.2, 0) is 16.9 Å². The zero-order valence-electron chi connectivity index (χ0n) is 17.8. The van der Waals surface area contributed by atoms with Gasteiger partial charge in [-0.05, 0) is 49.4 Å². The molecule has 1 aromatic carbocycles. The summed E-state index contributed by atoms with van der Waals surface area (Å²) in [7, 11) is 0. The number of hydrogen-bond donors (Lipinski definition) is 3. The summed E-state index contributed by atoms with van der Waals surface area (Å²) >= 11 is -0.955. The number of benzene rings is 1. The molecule has 8 nitrogen and oxygen atoms in total. The van der Waals surface area contributed by atoms with Gasteiger partial charge in [0.05, 0.1) is 12.5 Å². The third-order valence-electron chi connectivity index (χ3n) is 5.43. The van der Waals surface area contributed by atoms with Crippen molar-refractivity contribution in [2.24, 2.45) is 5.73 Å². The van der Waals surface area contributed by atoms with Crippen molar-refractivity contribution in [3.05, 3.63) is 47.2 Å². The lowest BCUT2D eigenvalue weighted by atomic mass is 9.93. The van der Waals surface area contributed by atoms with Crippen LogP contribution in [0.5, 0.6) is 0 Å². The summed E-state index contributed by atoms with van der Waals surface area (Å²) < 4.78 is 13.6. The first kappa shape index (κ1) is 21.4. The Balaban J connectivity index is 1.68. The number of aromatic nitrogens is 3. The summed E-state index contributed by atoms with van der Waals surface area (Å²) in [6, 6.07) is 10.6. The molecule has 1 aliphatic rings. The first-order valence-electron chi connectivity index (χ1n) is 10.4. The third kappa shape index (κ3) is 4.93. The molecule has 0 amide bonds. The molecule has 1 fully saturated rings. The van der Waals surface area contributed by atoms with E-state index >= 15 is 0 Å². The molecule has 0 unspecified atom stereocenters. The molecule has 0 radical (unpaired) electrons. The number of anilines is 3. The molecule has 162 valence electrons. The van der Waals surface area contributed by atoms with Crippen molar-refractivity contribution in [2.75, 3.05) is 23.4 Å². The third-order valence-corrected chi connectivity index (χ3v) is 6.14. The van der Waals surface area contributed by atoms with Crippen molar-refractivity contribution < 1.29 is 4.55 Å².